The molecule has 1 spiro atoms. The van der Waals surface area contributed by atoms with Crippen LogP contribution in [0.3, 0.4) is 0 Å². The van der Waals surface area contributed by atoms with Gasteiger partial charge in [0.2, 0.25) is 5.91 Å². The molecule has 1 aromatic carbocycles. The SMILES string of the molecule is CCN1C(=O)CC[C@]12CCCN(Cc1cc(F)ccc1F)CC2. The van der Waals surface area contributed by atoms with Crippen molar-refractivity contribution in [2.75, 3.05) is 19.6 Å². The van der Waals surface area contributed by atoms with Crippen molar-refractivity contribution in [3.63, 3.8) is 0 Å². The monoisotopic (exact) mass is 322 g/mol. The molecule has 1 amide bonds. The zero-order chi connectivity index (χ0) is 16.4. The Morgan fingerprint density at radius 2 is 2.00 bits per heavy atom. The van der Waals surface area contributed by atoms with Gasteiger partial charge in [-0.05, 0) is 57.4 Å². The summed E-state index contributed by atoms with van der Waals surface area (Å²) in [7, 11) is 0. The number of nitrogens with zero attached hydrogens (tertiary/aromatic N) is 2. The fraction of sp³-hybridized carbons (Fsp3) is 0.611. The standard InChI is InChI=1S/C18H24F2N2O/c1-2-22-17(23)6-8-18(22)7-3-10-21(11-9-18)13-14-12-15(19)4-5-16(14)20/h4-5,12H,2-3,6-11,13H2,1H3/t18-/m0/s1. The summed E-state index contributed by atoms with van der Waals surface area (Å²) in [4.78, 5) is 16.3. The van der Waals surface area contributed by atoms with Crippen LogP contribution in [-0.4, -0.2) is 40.9 Å². The second kappa shape index (κ2) is 6.56. The second-order valence-electron chi connectivity index (χ2n) is 6.73. The third kappa shape index (κ3) is 3.25. The lowest BCUT2D eigenvalue weighted by molar-refractivity contribution is -0.131. The highest BCUT2D eigenvalue weighted by molar-refractivity contribution is 5.79. The minimum absolute atomic E-state index is 0.0128. The molecule has 2 saturated heterocycles. The highest BCUT2D eigenvalue weighted by atomic mass is 19.1. The van der Waals surface area contributed by atoms with E-state index in [4.69, 9.17) is 0 Å². The molecule has 23 heavy (non-hydrogen) atoms. The van der Waals surface area contributed by atoms with Crippen molar-refractivity contribution in [1.29, 1.82) is 0 Å². The maximum absolute atomic E-state index is 13.8. The van der Waals surface area contributed by atoms with Crippen molar-refractivity contribution in [3.8, 4) is 0 Å². The molecule has 0 radical (unpaired) electrons. The Morgan fingerprint density at radius 1 is 1.17 bits per heavy atom. The third-order valence-corrected chi connectivity index (χ3v) is 5.41. The molecular weight excluding hydrogens is 298 g/mol. The molecule has 2 aliphatic rings. The molecule has 0 bridgehead atoms. The summed E-state index contributed by atoms with van der Waals surface area (Å²) < 4.78 is 27.2. The zero-order valence-electron chi connectivity index (χ0n) is 13.7. The van der Waals surface area contributed by atoms with E-state index >= 15 is 0 Å². The Balaban J connectivity index is 1.69. The van der Waals surface area contributed by atoms with E-state index in [9.17, 15) is 13.6 Å². The molecule has 1 atom stereocenters. The van der Waals surface area contributed by atoms with E-state index in [2.05, 4.69) is 4.90 Å². The molecule has 3 nitrogen and oxygen atoms in total. The maximum atomic E-state index is 13.8. The lowest BCUT2D eigenvalue weighted by Gasteiger charge is -2.37. The average molecular weight is 322 g/mol. The molecular formula is C18H24F2N2O. The number of likely N-dealkylation sites (tertiary alicyclic amines) is 2. The number of carbonyl (C=O) groups is 1. The topological polar surface area (TPSA) is 23.6 Å². The largest absolute Gasteiger partial charge is 0.337 e. The Hall–Kier alpha value is -1.49. The summed E-state index contributed by atoms with van der Waals surface area (Å²) in [6, 6.07) is 3.63. The van der Waals surface area contributed by atoms with E-state index in [0.29, 0.717) is 18.5 Å². The van der Waals surface area contributed by atoms with Crippen LogP contribution in [0.1, 0.15) is 44.6 Å². The van der Waals surface area contributed by atoms with Gasteiger partial charge in [0, 0.05) is 37.2 Å². The summed E-state index contributed by atoms with van der Waals surface area (Å²) in [6.45, 7) is 4.91. The fourth-order valence-electron chi connectivity index (χ4n) is 4.20. The summed E-state index contributed by atoms with van der Waals surface area (Å²) in [5, 5.41) is 0. The minimum atomic E-state index is -0.397. The number of amides is 1. The molecule has 2 aliphatic heterocycles. The van der Waals surface area contributed by atoms with Crippen LogP contribution in [0.15, 0.2) is 18.2 Å². The van der Waals surface area contributed by atoms with Crippen molar-refractivity contribution in [2.45, 2.75) is 51.1 Å². The Morgan fingerprint density at radius 3 is 2.78 bits per heavy atom. The van der Waals surface area contributed by atoms with Crippen LogP contribution in [0, 0.1) is 11.6 Å². The van der Waals surface area contributed by atoms with E-state index in [-0.39, 0.29) is 17.3 Å². The second-order valence-corrected chi connectivity index (χ2v) is 6.73. The quantitative estimate of drug-likeness (QED) is 0.852. The summed E-state index contributed by atoms with van der Waals surface area (Å²) >= 11 is 0. The molecule has 2 fully saturated rings. The first-order chi connectivity index (χ1) is 11.0. The highest BCUT2D eigenvalue weighted by Gasteiger charge is 2.44. The van der Waals surface area contributed by atoms with Crippen molar-refractivity contribution in [3.05, 3.63) is 35.4 Å². The molecule has 126 valence electrons. The van der Waals surface area contributed by atoms with Crippen LogP contribution < -0.4 is 0 Å². The molecule has 2 heterocycles. The van der Waals surface area contributed by atoms with Crippen molar-refractivity contribution in [1.82, 2.24) is 9.80 Å². The Labute approximate surface area is 136 Å². The first-order valence-corrected chi connectivity index (χ1v) is 8.51. The van der Waals surface area contributed by atoms with Crippen LogP contribution in [0.2, 0.25) is 0 Å². The van der Waals surface area contributed by atoms with E-state index < -0.39 is 5.82 Å². The summed E-state index contributed by atoms with van der Waals surface area (Å²) in [5.41, 5.74) is 0.400. The van der Waals surface area contributed by atoms with Crippen LogP contribution >= 0.6 is 0 Å². The third-order valence-electron chi connectivity index (χ3n) is 5.41. The smallest absolute Gasteiger partial charge is 0.223 e. The van der Waals surface area contributed by atoms with E-state index in [1.807, 2.05) is 11.8 Å². The van der Waals surface area contributed by atoms with Crippen molar-refractivity contribution < 1.29 is 13.6 Å². The molecule has 0 aromatic heterocycles. The number of carbonyl (C=O) groups excluding carboxylic acids is 1. The molecule has 5 heteroatoms. The zero-order valence-corrected chi connectivity index (χ0v) is 13.7. The van der Waals surface area contributed by atoms with Gasteiger partial charge in [-0.2, -0.15) is 0 Å². The summed E-state index contributed by atoms with van der Waals surface area (Å²) in [6.07, 6.45) is 4.49. The minimum Gasteiger partial charge on any atom is -0.337 e. The van der Waals surface area contributed by atoms with Gasteiger partial charge < -0.3 is 4.90 Å². The van der Waals surface area contributed by atoms with Crippen LogP contribution in [-0.2, 0) is 11.3 Å². The predicted octanol–water partition coefficient (Wildman–Crippen LogP) is 3.33. The fourth-order valence-corrected chi connectivity index (χ4v) is 4.20. The molecule has 0 aliphatic carbocycles. The van der Waals surface area contributed by atoms with Gasteiger partial charge in [-0.3, -0.25) is 9.69 Å². The first-order valence-electron chi connectivity index (χ1n) is 8.51. The van der Waals surface area contributed by atoms with Gasteiger partial charge in [0.05, 0.1) is 0 Å². The molecule has 0 saturated carbocycles. The number of hydrogen-bond donors (Lipinski definition) is 0. The van der Waals surface area contributed by atoms with Gasteiger partial charge in [-0.25, -0.2) is 8.78 Å². The number of halogens is 2. The molecule has 0 N–H and O–H groups in total. The first kappa shape index (κ1) is 16.4. The van der Waals surface area contributed by atoms with Gasteiger partial charge in [-0.15, -0.1) is 0 Å². The molecule has 3 rings (SSSR count). The van der Waals surface area contributed by atoms with Gasteiger partial charge in [-0.1, -0.05) is 0 Å². The normalized spacial score (nSPS) is 26.0. The number of rotatable bonds is 3. The predicted molar refractivity (Wildman–Crippen MR) is 84.8 cm³/mol. The van der Waals surface area contributed by atoms with Crippen LogP contribution in [0.25, 0.3) is 0 Å². The highest BCUT2D eigenvalue weighted by Crippen LogP contribution is 2.39. The van der Waals surface area contributed by atoms with Gasteiger partial charge in [0.15, 0.2) is 0 Å². The van der Waals surface area contributed by atoms with Crippen LogP contribution in [0.4, 0.5) is 8.78 Å². The van der Waals surface area contributed by atoms with Crippen LogP contribution in [0.5, 0.6) is 0 Å². The Bertz CT molecular complexity index is 592. The van der Waals surface area contributed by atoms with Gasteiger partial charge >= 0.3 is 0 Å². The van der Waals surface area contributed by atoms with E-state index in [1.54, 1.807) is 0 Å². The molecule has 0 unspecified atom stereocenters. The maximum Gasteiger partial charge on any atom is 0.223 e. The molecule has 1 aromatic rings. The van der Waals surface area contributed by atoms with E-state index in [1.165, 1.54) is 12.1 Å². The number of hydrogen-bond acceptors (Lipinski definition) is 2. The van der Waals surface area contributed by atoms with Crippen molar-refractivity contribution >= 4 is 5.91 Å². The van der Waals surface area contributed by atoms with Gasteiger partial charge in [0.1, 0.15) is 11.6 Å². The Kier molecular flexibility index (Phi) is 4.67. The average Bonchev–Trinajstić information content (AvgIpc) is 2.70. The number of benzene rings is 1. The van der Waals surface area contributed by atoms with E-state index in [0.717, 1.165) is 51.4 Å². The summed E-state index contributed by atoms with van der Waals surface area (Å²) in [5.74, 6) is -0.486. The lowest BCUT2D eigenvalue weighted by atomic mass is 9.88. The lowest BCUT2D eigenvalue weighted by Crippen LogP contribution is -2.46. The van der Waals surface area contributed by atoms with Crippen molar-refractivity contribution in [2.24, 2.45) is 0 Å². The van der Waals surface area contributed by atoms with Gasteiger partial charge in [0.25, 0.3) is 0 Å².